The molecule has 2 aromatic carbocycles. The number of hydrogen-bond donors (Lipinski definition) is 1. The first-order valence-corrected chi connectivity index (χ1v) is 11.8. The summed E-state index contributed by atoms with van der Waals surface area (Å²) in [6.07, 6.45) is 4.33. The van der Waals surface area contributed by atoms with Crippen molar-refractivity contribution < 1.29 is 4.74 Å². The third-order valence-electron chi connectivity index (χ3n) is 6.64. The average Bonchev–Trinajstić information content (AvgIpc) is 2.87. The summed E-state index contributed by atoms with van der Waals surface area (Å²) < 4.78 is 5.88. The zero-order chi connectivity index (χ0) is 23.7. The predicted molar refractivity (Wildman–Crippen MR) is 138 cm³/mol. The number of benzene rings is 2. The van der Waals surface area contributed by atoms with Gasteiger partial charge < -0.3 is 15.0 Å². The molecule has 34 heavy (non-hydrogen) atoms. The Kier molecular flexibility index (Phi) is 6.04. The van der Waals surface area contributed by atoms with E-state index in [-0.39, 0.29) is 18.1 Å². The minimum absolute atomic E-state index is 0.0706. The number of nitrogens with one attached hydrogen (secondary N) is 1. The molecule has 6 heteroatoms. The summed E-state index contributed by atoms with van der Waals surface area (Å²) >= 11 is 0. The molecule has 6 nitrogen and oxygen atoms in total. The third-order valence-corrected chi connectivity index (χ3v) is 6.64. The van der Waals surface area contributed by atoms with Crippen molar-refractivity contribution in [3.8, 4) is 6.07 Å². The van der Waals surface area contributed by atoms with E-state index in [4.69, 9.17) is 15.0 Å². The molecule has 1 saturated heterocycles. The van der Waals surface area contributed by atoms with Crippen LogP contribution in [-0.2, 0) is 4.74 Å². The standard InChI is InChI=1S/C28H29N5O/c1-18-16-33(17-19(2)34-18)23-10-8-22(9-11-23)25-15-32-28-24(13-31-14-26(28)27(25)30-3)21-6-4-20(12-29)5-7-21/h4-11,13,15,18-19,26,30H,14,16-17H2,1-3H3. The lowest BCUT2D eigenvalue weighted by atomic mass is 9.86. The van der Waals surface area contributed by atoms with Gasteiger partial charge in [0.25, 0.3) is 0 Å². The van der Waals surface area contributed by atoms with Crippen LogP contribution in [0.25, 0.3) is 11.1 Å². The van der Waals surface area contributed by atoms with Crippen LogP contribution < -0.4 is 10.2 Å². The molecular weight excluding hydrogens is 422 g/mol. The number of allylic oxidation sites excluding steroid dienone is 2. The van der Waals surface area contributed by atoms with E-state index in [0.717, 1.165) is 46.8 Å². The van der Waals surface area contributed by atoms with Crippen molar-refractivity contribution in [2.45, 2.75) is 26.1 Å². The molecule has 1 N–H and O–H groups in total. The Balaban J connectivity index is 1.45. The molecule has 3 aliphatic heterocycles. The van der Waals surface area contributed by atoms with Crippen LogP contribution in [0.2, 0.25) is 0 Å². The number of anilines is 1. The van der Waals surface area contributed by atoms with E-state index in [9.17, 15) is 0 Å². The van der Waals surface area contributed by atoms with E-state index in [1.54, 1.807) is 0 Å². The van der Waals surface area contributed by atoms with Crippen molar-refractivity contribution in [1.82, 2.24) is 5.32 Å². The molecule has 172 valence electrons. The van der Waals surface area contributed by atoms with Gasteiger partial charge in [-0.3, -0.25) is 9.98 Å². The second-order valence-corrected chi connectivity index (χ2v) is 9.08. The first kappa shape index (κ1) is 22.1. The Morgan fingerprint density at radius 1 is 0.941 bits per heavy atom. The number of aliphatic imine (C=N–C) groups is 2. The van der Waals surface area contributed by atoms with Gasteiger partial charge in [-0.1, -0.05) is 24.3 Å². The van der Waals surface area contributed by atoms with Gasteiger partial charge in [0.05, 0.1) is 42.0 Å². The van der Waals surface area contributed by atoms with Gasteiger partial charge >= 0.3 is 0 Å². The molecule has 0 radical (unpaired) electrons. The zero-order valence-corrected chi connectivity index (χ0v) is 19.8. The number of ether oxygens (including phenoxy) is 1. The minimum atomic E-state index is 0.0706. The van der Waals surface area contributed by atoms with E-state index in [0.29, 0.717) is 12.1 Å². The van der Waals surface area contributed by atoms with Crippen LogP contribution >= 0.6 is 0 Å². The first-order chi connectivity index (χ1) is 16.6. The lowest BCUT2D eigenvalue weighted by Gasteiger charge is -2.37. The van der Waals surface area contributed by atoms with Gasteiger partial charge in [0, 0.05) is 55.1 Å². The summed E-state index contributed by atoms with van der Waals surface area (Å²) in [6.45, 7) is 6.73. The van der Waals surface area contributed by atoms with Crippen LogP contribution in [0.3, 0.4) is 0 Å². The van der Waals surface area contributed by atoms with Crippen molar-refractivity contribution in [2.75, 3.05) is 31.6 Å². The molecule has 0 aromatic heterocycles. The van der Waals surface area contributed by atoms with Crippen molar-refractivity contribution in [1.29, 1.82) is 5.26 Å². The largest absolute Gasteiger partial charge is 0.390 e. The van der Waals surface area contributed by atoms with Crippen LogP contribution in [0.1, 0.15) is 30.5 Å². The first-order valence-electron chi connectivity index (χ1n) is 11.8. The lowest BCUT2D eigenvalue weighted by Crippen LogP contribution is -2.45. The highest BCUT2D eigenvalue weighted by Gasteiger charge is 2.30. The van der Waals surface area contributed by atoms with Crippen molar-refractivity contribution >= 4 is 29.3 Å². The second-order valence-electron chi connectivity index (χ2n) is 9.08. The molecule has 3 atom stereocenters. The number of fused-ring (bicyclic) bond motifs is 1. The summed E-state index contributed by atoms with van der Waals surface area (Å²) in [4.78, 5) is 12.0. The Morgan fingerprint density at radius 2 is 1.59 bits per heavy atom. The molecule has 3 heterocycles. The summed E-state index contributed by atoms with van der Waals surface area (Å²) in [6, 6.07) is 18.5. The number of nitrogens with zero attached hydrogens (tertiary/aromatic N) is 4. The zero-order valence-electron chi connectivity index (χ0n) is 19.8. The maximum absolute atomic E-state index is 9.11. The van der Waals surface area contributed by atoms with E-state index in [2.05, 4.69) is 59.4 Å². The predicted octanol–water partition coefficient (Wildman–Crippen LogP) is 4.30. The van der Waals surface area contributed by atoms with Gasteiger partial charge in [0.1, 0.15) is 0 Å². The molecule has 1 fully saturated rings. The molecule has 5 rings (SSSR count). The molecule has 3 aliphatic rings. The Morgan fingerprint density at radius 3 is 2.24 bits per heavy atom. The third kappa shape index (κ3) is 4.15. The van der Waals surface area contributed by atoms with E-state index in [1.807, 2.05) is 43.7 Å². The van der Waals surface area contributed by atoms with Crippen molar-refractivity contribution in [3.63, 3.8) is 0 Å². The van der Waals surface area contributed by atoms with Gasteiger partial charge in [-0.05, 0) is 49.2 Å². The summed E-state index contributed by atoms with van der Waals surface area (Å²) in [5, 5.41) is 12.6. The van der Waals surface area contributed by atoms with Crippen molar-refractivity contribution in [2.24, 2.45) is 15.9 Å². The highest BCUT2D eigenvalue weighted by molar-refractivity contribution is 6.16. The lowest BCUT2D eigenvalue weighted by molar-refractivity contribution is -0.00521. The van der Waals surface area contributed by atoms with Gasteiger partial charge in [-0.15, -0.1) is 0 Å². The summed E-state index contributed by atoms with van der Waals surface area (Å²) in [7, 11) is 1.97. The van der Waals surface area contributed by atoms with Gasteiger partial charge in [-0.25, -0.2) is 0 Å². The topological polar surface area (TPSA) is 73.0 Å². The maximum Gasteiger partial charge on any atom is 0.0991 e. The van der Waals surface area contributed by atoms with Gasteiger partial charge in [0.2, 0.25) is 0 Å². The normalized spacial score (nSPS) is 24.2. The van der Waals surface area contributed by atoms with E-state index in [1.165, 1.54) is 5.69 Å². The van der Waals surface area contributed by atoms with Gasteiger partial charge in [0.15, 0.2) is 0 Å². The molecule has 2 aromatic rings. The number of morpholine rings is 1. The van der Waals surface area contributed by atoms with E-state index < -0.39 is 0 Å². The van der Waals surface area contributed by atoms with Crippen LogP contribution in [0.4, 0.5) is 5.69 Å². The monoisotopic (exact) mass is 451 g/mol. The summed E-state index contributed by atoms with van der Waals surface area (Å²) in [5.74, 6) is 0.0706. The fraction of sp³-hybridized carbons (Fsp3) is 0.321. The van der Waals surface area contributed by atoms with Crippen LogP contribution in [-0.4, -0.2) is 51.3 Å². The maximum atomic E-state index is 9.11. The fourth-order valence-corrected chi connectivity index (χ4v) is 5.09. The molecule has 0 aliphatic carbocycles. The van der Waals surface area contributed by atoms with Gasteiger partial charge in [-0.2, -0.15) is 5.26 Å². The number of dihydropyridines is 2. The molecule has 0 bridgehead atoms. The number of rotatable bonds is 4. The highest BCUT2D eigenvalue weighted by Crippen LogP contribution is 2.37. The molecule has 0 amide bonds. The molecule has 3 unspecified atom stereocenters. The smallest absolute Gasteiger partial charge is 0.0991 e. The Bertz CT molecular complexity index is 1220. The van der Waals surface area contributed by atoms with Crippen LogP contribution in [0.5, 0.6) is 0 Å². The number of nitriles is 1. The van der Waals surface area contributed by atoms with Crippen LogP contribution in [0.15, 0.2) is 69.9 Å². The Labute approximate surface area is 201 Å². The highest BCUT2D eigenvalue weighted by atomic mass is 16.5. The molecule has 0 spiro atoms. The fourth-order valence-electron chi connectivity index (χ4n) is 5.09. The average molecular weight is 452 g/mol. The number of hydrogen-bond acceptors (Lipinski definition) is 6. The Hall–Kier alpha value is -3.69. The molecular formula is C28H29N5O. The summed E-state index contributed by atoms with van der Waals surface area (Å²) in [5.41, 5.74) is 8.29. The SMILES string of the molecule is CNC1=C(c2ccc(N3CC(C)OC(C)C3)cc2)C=NC2=C(c3ccc(C#N)cc3)C=NCC21. The quantitative estimate of drug-likeness (QED) is 0.752. The van der Waals surface area contributed by atoms with E-state index >= 15 is 0 Å². The minimum Gasteiger partial charge on any atom is -0.390 e. The van der Waals surface area contributed by atoms with Crippen molar-refractivity contribution in [3.05, 3.63) is 76.6 Å². The second kappa shape index (κ2) is 9.28. The van der Waals surface area contributed by atoms with Crippen LogP contribution in [0, 0.1) is 17.2 Å². The molecule has 0 saturated carbocycles.